The number of aryl methyl sites for hydroxylation is 2. The third kappa shape index (κ3) is 4.80. The van der Waals surface area contributed by atoms with Gasteiger partial charge in [-0.05, 0) is 49.3 Å². The first kappa shape index (κ1) is 13.2. The molecule has 1 atom stereocenters. The van der Waals surface area contributed by atoms with E-state index in [1.807, 2.05) is 0 Å². The van der Waals surface area contributed by atoms with Crippen molar-refractivity contribution in [1.29, 1.82) is 0 Å². The fourth-order valence-corrected chi connectivity index (χ4v) is 2.00. The standard InChI is InChI=1S/C15H25N/c1-3-4-14-7-9-15(10-8-14)6-5-13(2)11-12-16/h7-10,13H,3-6,11-12,16H2,1-2H3. The Labute approximate surface area is 100 Å². The minimum absolute atomic E-state index is 0.750. The summed E-state index contributed by atoms with van der Waals surface area (Å²) in [5.41, 5.74) is 8.47. The van der Waals surface area contributed by atoms with Gasteiger partial charge in [0.15, 0.2) is 0 Å². The summed E-state index contributed by atoms with van der Waals surface area (Å²) in [5.74, 6) is 0.750. The lowest BCUT2D eigenvalue weighted by atomic mass is 9.97. The van der Waals surface area contributed by atoms with Crippen LogP contribution in [0.4, 0.5) is 0 Å². The molecule has 0 aliphatic rings. The van der Waals surface area contributed by atoms with E-state index in [9.17, 15) is 0 Å². The molecule has 0 bridgehead atoms. The molecule has 1 rings (SSSR count). The van der Waals surface area contributed by atoms with Crippen LogP contribution in [0.2, 0.25) is 0 Å². The van der Waals surface area contributed by atoms with Crippen molar-refractivity contribution in [2.75, 3.05) is 6.54 Å². The Balaban J connectivity index is 2.37. The van der Waals surface area contributed by atoms with Crippen molar-refractivity contribution in [3.05, 3.63) is 35.4 Å². The average Bonchev–Trinajstić information content (AvgIpc) is 2.29. The second-order valence-electron chi connectivity index (χ2n) is 4.79. The van der Waals surface area contributed by atoms with Gasteiger partial charge in [0.25, 0.3) is 0 Å². The van der Waals surface area contributed by atoms with E-state index in [-0.39, 0.29) is 0 Å². The predicted molar refractivity (Wildman–Crippen MR) is 71.6 cm³/mol. The van der Waals surface area contributed by atoms with Crippen molar-refractivity contribution < 1.29 is 0 Å². The smallest absolute Gasteiger partial charge is 0.00747 e. The van der Waals surface area contributed by atoms with Crippen LogP contribution in [0.25, 0.3) is 0 Å². The second-order valence-corrected chi connectivity index (χ2v) is 4.79. The third-order valence-corrected chi connectivity index (χ3v) is 3.15. The zero-order valence-corrected chi connectivity index (χ0v) is 10.7. The lowest BCUT2D eigenvalue weighted by Crippen LogP contribution is -2.06. The van der Waals surface area contributed by atoms with Gasteiger partial charge in [-0.3, -0.25) is 0 Å². The molecule has 0 aliphatic heterocycles. The molecule has 0 heterocycles. The van der Waals surface area contributed by atoms with Gasteiger partial charge < -0.3 is 5.73 Å². The van der Waals surface area contributed by atoms with Gasteiger partial charge in [0, 0.05) is 0 Å². The summed E-state index contributed by atoms with van der Waals surface area (Å²) < 4.78 is 0. The van der Waals surface area contributed by atoms with Crippen LogP contribution in [0, 0.1) is 5.92 Å². The van der Waals surface area contributed by atoms with E-state index in [0.29, 0.717) is 0 Å². The zero-order valence-electron chi connectivity index (χ0n) is 10.7. The highest BCUT2D eigenvalue weighted by atomic mass is 14.5. The molecule has 1 aromatic rings. The summed E-state index contributed by atoms with van der Waals surface area (Å²) in [4.78, 5) is 0. The van der Waals surface area contributed by atoms with Crippen molar-refractivity contribution in [3.63, 3.8) is 0 Å². The van der Waals surface area contributed by atoms with E-state index in [2.05, 4.69) is 38.1 Å². The number of nitrogens with two attached hydrogens (primary N) is 1. The van der Waals surface area contributed by atoms with E-state index in [1.165, 1.54) is 36.8 Å². The van der Waals surface area contributed by atoms with Crippen molar-refractivity contribution in [3.8, 4) is 0 Å². The number of hydrogen-bond donors (Lipinski definition) is 1. The van der Waals surface area contributed by atoms with Crippen LogP contribution >= 0.6 is 0 Å². The Hall–Kier alpha value is -0.820. The average molecular weight is 219 g/mol. The summed E-state index contributed by atoms with van der Waals surface area (Å²) in [6.07, 6.45) is 6.02. The maximum atomic E-state index is 5.55. The molecule has 2 N–H and O–H groups in total. The van der Waals surface area contributed by atoms with Gasteiger partial charge >= 0.3 is 0 Å². The largest absolute Gasteiger partial charge is 0.330 e. The lowest BCUT2D eigenvalue weighted by molar-refractivity contribution is 0.500. The molecule has 0 saturated carbocycles. The Morgan fingerprint density at radius 1 is 1.00 bits per heavy atom. The van der Waals surface area contributed by atoms with E-state index in [4.69, 9.17) is 5.73 Å². The SMILES string of the molecule is CCCc1ccc(CCC(C)CCN)cc1. The Bertz CT molecular complexity index is 276. The van der Waals surface area contributed by atoms with Gasteiger partial charge in [-0.2, -0.15) is 0 Å². The van der Waals surface area contributed by atoms with Crippen molar-refractivity contribution >= 4 is 0 Å². The highest BCUT2D eigenvalue weighted by Crippen LogP contribution is 2.13. The summed E-state index contributed by atoms with van der Waals surface area (Å²) in [6, 6.07) is 9.10. The molecular weight excluding hydrogens is 194 g/mol. The zero-order chi connectivity index (χ0) is 11.8. The number of rotatable bonds is 7. The first-order valence-electron chi connectivity index (χ1n) is 6.54. The lowest BCUT2D eigenvalue weighted by Gasteiger charge is -2.09. The molecule has 16 heavy (non-hydrogen) atoms. The molecule has 0 saturated heterocycles. The van der Waals surface area contributed by atoms with Crippen LogP contribution < -0.4 is 5.73 Å². The summed E-state index contributed by atoms with van der Waals surface area (Å²) in [6.45, 7) is 5.33. The van der Waals surface area contributed by atoms with Gasteiger partial charge in [0.2, 0.25) is 0 Å². The molecule has 1 heteroatoms. The summed E-state index contributed by atoms with van der Waals surface area (Å²) in [7, 11) is 0. The fraction of sp³-hybridized carbons (Fsp3) is 0.600. The third-order valence-electron chi connectivity index (χ3n) is 3.15. The molecule has 90 valence electrons. The highest BCUT2D eigenvalue weighted by molar-refractivity contribution is 5.22. The molecular formula is C15H25N. The van der Waals surface area contributed by atoms with Gasteiger partial charge in [0.1, 0.15) is 0 Å². The van der Waals surface area contributed by atoms with Gasteiger partial charge in [-0.15, -0.1) is 0 Å². The number of hydrogen-bond acceptors (Lipinski definition) is 1. The first-order chi connectivity index (χ1) is 7.76. The minimum atomic E-state index is 0.750. The van der Waals surface area contributed by atoms with Crippen LogP contribution in [0.15, 0.2) is 24.3 Å². The molecule has 0 amide bonds. The minimum Gasteiger partial charge on any atom is -0.330 e. The molecule has 0 fully saturated rings. The van der Waals surface area contributed by atoms with Gasteiger partial charge in [0.05, 0.1) is 0 Å². The van der Waals surface area contributed by atoms with E-state index in [0.717, 1.165) is 18.9 Å². The molecule has 0 radical (unpaired) electrons. The quantitative estimate of drug-likeness (QED) is 0.745. The predicted octanol–water partition coefficient (Wildman–Crippen LogP) is 3.56. The van der Waals surface area contributed by atoms with Crippen LogP contribution in [-0.2, 0) is 12.8 Å². The normalized spacial score (nSPS) is 12.7. The van der Waals surface area contributed by atoms with Crippen LogP contribution in [-0.4, -0.2) is 6.54 Å². The maximum absolute atomic E-state index is 5.55. The molecule has 0 aromatic heterocycles. The van der Waals surface area contributed by atoms with E-state index >= 15 is 0 Å². The van der Waals surface area contributed by atoms with E-state index in [1.54, 1.807) is 0 Å². The van der Waals surface area contributed by atoms with Crippen molar-refractivity contribution in [2.45, 2.75) is 46.0 Å². The monoisotopic (exact) mass is 219 g/mol. The Morgan fingerprint density at radius 2 is 1.56 bits per heavy atom. The summed E-state index contributed by atoms with van der Waals surface area (Å²) >= 11 is 0. The second kappa shape index (κ2) is 7.45. The van der Waals surface area contributed by atoms with Crippen LogP contribution in [0.1, 0.15) is 44.2 Å². The highest BCUT2D eigenvalue weighted by Gasteiger charge is 2.01. The Morgan fingerprint density at radius 3 is 2.06 bits per heavy atom. The van der Waals surface area contributed by atoms with E-state index < -0.39 is 0 Å². The van der Waals surface area contributed by atoms with Crippen LogP contribution in [0.3, 0.4) is 0 Å². The number of benzene rings is 1. The van der Waals surface area contributed by atoms with Crippen molar-refractivity contribution in [1.82, 2.24) is 0 Å². The topological polar surface area (TPSA) is 26.0 Å². The molecule has 1 aromatic carbocycles. The van der Waals surface area contributed by atoms with Gasteiger partial charge in [-0.1, -0.05) is 44.5 Å². The molecule has 0 spiro atoms. The first-order valence-corrected chi connectivity index (χ1v) is 6.54. The molecule has 0 aliphatic carbocycles. The fourth-order valence-electron chi connectivity index (χ4n) is 2.00. The Kier molecular flexibility index (Phi) is 6.17. The van der Waals surface area contributed by atoms with Crippen LogP contribution in [0.5, 0.6) is 0 Å². The van der Waals surface area contributed by atoms with Crippen molar-refractivity contribution in [2.24, 2.45) is 11.7 Å². The summed E-state index contributed by atoms with van der Waals surface area (Å²) in [5, 5.41) is 0. The molecule has 1 nitrogen and oxygen atoms in total. The maximum Gasteiger partial charge on any atom is -0.00747 e. The van der Waals surface area contributed by atoms with Gasteiger partial charge in [-0.25, -0.2) is 0 Å². The molecule has 1 unspecified atom stereocenters.